The quantitative estimate of drug-likeness (QED) is 0.642. The third kappa shape index (κ3) is 3.39. The zero-order chi connectivity index (χ0) is 16.4. The number of hydrogen-bond donors (Lipinski definition) is 0. The molecule has 2 aromatic rings. The van der Waals surface area contributed by atoms with Crippen molar-refractivity contribution in [3.63, 3.8) is 0 Å². The summed E-state index contributed by atoms with van der Waals surface area (Å²) in [7, 11) is 0. The molecule has 1 fully saturated rings. The zero-order valence-electron chi connectivity index (χ0n) is 12.9. The molecule has 6 nitrogen and oxygen atoms in total. The van der Waals surface area contributed by atoms with E-state index in [4.69, 9.17) is 0 Å². The van der Waals surface area contributed by atoms with E-state index in [-0.39, 0.29) is 11.7 Å². The second kappa shape index (κ2) is 6.45. The second-order valence-corrected chi connectivity index (χ2v) is 6.11. The molecule has 0 radical (unpaired) electrons. The Kier molecular flexibility index (Phi) is 4.38. The number of halogens is 1. The Morgan fingerprint density at radius 1 is 1.48 bits per heavy atom. The Labute approximate surface area is 133 Å². The molecule has 23 heavy (non-hydrogen) atoms. The van der Waals surface area contributed by atoms with Gasteiger partial charge in [-0.15, -0.1) is 0 Å². The fourth-order valence-corrected chi connectivity index (χ4v) is 3.21. The minimum atomic E-state index is -0.450. The van der Waals surface area contributed by atoms with Crippen LogP contribution < -0.4 is 0 Å². The van der Waals surface area contributed by atoms with Gasteiger partial charge in [-0.3, -0.25) is 15.0 Å². The third-order valence-electron chi connectivity index (χ3n) is 4.54. The summed E-state index contributed by atoms with van der Waals surface area (Å²) in [5, 5.41) is 11.1. The summed E-state index contributed by atoms with van der Waals surface area (Å²) in [5.74, 6) is 0.0603. The van der Waals surface area contributed by atoms with Crippen molar-refractivity contribution >= 4 is 5.69 Å². The molecule has 122 valence electrons. The normalized spacial score (nSPS) is 22.2. The number of nitro groups is 1. The monoisotopic (exact) mass is 318 g/mol. The molecule has 7 heteroatoms. The lowest BCUT2D eigenvalue weighted by Gasteiger charge is -2.37. The first kappa shape index (κ1) is 15.6. The maximum Gasteiger partial charge on any atom is 0.274 e. The second-order valence-electron chi connectivity index (χ2n) is 6.11. The molecule has 1 aliphatic rings. The Bertz CT molecular complexity index is 689. The van der Waals surface area contributed by atoms with E-state index in [0.717, 1.165) is 25.6 Å². The highest BCUT2D eigenvalue weighted by atomic mass is 19.1. The molecular weight excluding hydrogens is 299 g/mol. The van der Waals surface area contributed by atoms with Gasteiger partial charge in [-0.1, -0.05) is 6.92 Å². The number of aromatic nitrogens is 2. The summed E-state index contributed by atoms with van der Waals surface area (Å²) >= 11 is 0. The zero-order valence-corrected chi connectivity index (χ0v) is 12.9. The molecule has 1 aliphatic heterocycles. The predicted octanol–water partition coefficient (Wildman–Crippen LogP) is 3.01. The van der Waals surface area contributed by atoms with E-state index < -0.39 is 10.7 Å². The number of hydrogen-bond acceptors (Lipinski definition) is 4. The largest absolute Gasteiger partial charge is 0.333 e. The van der Waals surface area contributed by atoms with Gasteiger partial charge >= 0.3 is 0 Å². The standard InChI is InChI=1S/C16H19FN4O2/c1-12-4-6-19(10-16(12)20-7-5-18-11-20)9-13-8-14(17)2-3-15(13)21(22)23/h2-3,5,7-8,11-12,16H,4,6,9-10H2,1H3/t12-,16+/m1/s1. The van der Waals surface area contributed by atoms with E-state index >= 15 is 0 Å². The molecule has 2 heterocycles. The van der Waals surface area contributed by atoms with Crippen molar-refractivity contribution in [2.24, 2.45) is 5.92 Å². The highest BCUT2D eigenvalue weighted by Gasteiger charge is 2.28. The molecule has 2 atom stereocenters. The van der Waals surface area contributed by atoms with Gasteiger partial charge < -0.3 is 4.57 Å². The van der Waals surface area contributed by atoms with Crippen LogP contribution in [0.4, 0.5) is 10.1 Å². The molecule has 0 saturated carbocycles. The minimum absolute atomic E-state index is 0.0239. The van der Waals surface area contributed by atoms with Crippen molar-refractivity contribution in [1.29, 1.82) is 0 Å². The topological polar surface area (TPSA) is 64.2 Å². The lowest BCUT2D eigenvalue weighted by molar-refractivity contribution is -0.385. The molecule has 1 saturated heterocycles. The summed E-state index contributed by atoms with van der Waals surface area (Å²) in [4.78, 5) is 16.9. The number of nitrogens with zero attached hydrogens (tertiary/aromatic N) is 4. The van der Waals surface area contributed by atoms with Crippen LogP contribution >= 0.6 is 0 Å². The summed E-state index contributed by atoms with van der Waals surface area (Å²) in [6.07, 6.45) is 6.49. The molecule has 0 unspecified atom stereocenters. The number of rotatable bonds is 4. The van der Waals surface area contributed by atoms with Gasteiger partial charge in [-0.05, 0) is 31.0 Å². The van der Waals surface area contributed by atoms with Gasteiger partial charge in [-0.2, -0.15) is 0 Å². The van der Waals surface area contributed by atoms with Crippen molar-refractivity contribution in [3.05, 3.63) is 58.4 Å². The Morgan fingerprint density at radius 2 is 2.30 bits per heavy atom. The van der Waals surface area contributed by atoms with Gasteiger partial charge in [0.05, 0.1) is 11.3 Å². The minimum Gasteiger partial charge on any atom is -0.333 e. The first-order valence-corrected chi connectivity index (χ1v) is 7.67. The number of likely N-dealkylation sites (tertiary alicyclic amines) is 1. The molecule has 0 N–H and O–H groups in total. The maximum atomic E-state index is 13.5. The van der Waals surface area contributed by atoms with E-state index in [1.165, 1.54) is 12.1 Å². The fraction of sp³-hybridized carbons (Fsp3) is 0.438. The van der Waals surface area contributed by atoms with Crippen LogP contribution in [-0.4, -0.2) is 32.5 Å². The average molecular weight is 318 g/mol. The molecule has 0 bridgehead atoms. The van der Waals surface area contributed by atoms with Crippen molar-refractivity contribution in [2.75, 3.05) is 13.1 Å². The highest BCUT2D eigenvalue weighted by Crippen LogP contribution is 2.30. The van der Waals surface area contributed by atoms with Crippen LogP contribution in [0.1, 0.15) is 24.9 Å². The number of imidazole rings is 1. The SMILES string of the molecule is C[C@@H]1CCN(Cc2cc(F)ccc2[N+](=O)[O-])C[C@@H]1n1ccnc1. The van der Waals surface area contributed by atoms with E-state index in [1.54, 1.807) is 12.5 Å². The molecule has 0 amide bonds. The molecule has 0 spiro atoms. The highest BCUT2D eigenvalue weighted by molar-refractivity contribution is 5.40. The van der Waals surface area contributed by atoms with Gasteiger partial charge in [0.15, 0.2) is 0 Å². The van der Waals surface area contributed by atoms with Gasteiger partial charge in [-0.25, -0.2) is 9.37 Å². The Hall–Kier alpha value is -2.28. The molecule has 3 rings (SSSR count). The van der Waals surface area contributed by atoms with E-state index in [9.17, 15) is 14.5 Å². The number of piperidine rings is 1. The van der Waals surface area contributed by atoms with Crippen molar-refractivity contribution in [1.82, 2.24) is 14.5 Å². The lowest BCUT2D eigenvalue weighted by Crippen LogP contribution is -2.40. The number of nitro benzene ring substituents is 1. The number of benzene rings is 1. The molecule has 0 aliphatic carbocycles. The van der Waals surface area contributed by atoms with E-state index in [0.29, 0.717) is 18.0 Å². The summed E-state index contributed by atoms with van der Waals surface area (Å²) < 4.78 is 15.6. The van der Waals surface area contributed by atoms with Crippen LogP contribution in [0, 0.1) is 21.8 Å². The summed E-state index contributed by atoms with van der Waals surface area (Å²) in [5.41, 5.74) is 0.401. The first-order valence-electron chi connectivity index (χ1n) is 7.67. The van der Waals surface area contributed by atoms with Gasteiger partial charge in [0, 0.05) is 43.2 Å². The van der Waals surface area contributed by atoms with Crippen LogP contribution in [0.2, 0.25) is 0 Å². The summed E-state index contributed by atoms with van der Waals surface area (Å²) in [6, 6.07) is 3.92. The molecular formula is C16H19FN4O2. The Morgan fingerprint density at radius 3 is 3.00 bits per heavy atom. The van der Waals surface area contributed by atoms with Gasteiger partial charge in [0.25, 0.3) is 5.69 Å². The first-order chi connectivity index (χ1) is 11.0. The van der Waals surface area contributed by atoms with Crippen LogP contribution in [0.15, 0.2) is 36.9 Å². The van der Waals surface area contributed by atoms with E-state index in [1.807, 2.05) is 6.20 Å². The van der Waals surface area contributed by atoms with E-state index in [2.05, 4.69) is 21.4 Å². The average Bonchev–Trinajstić information content (AvgIpc) is 3.03. The van der Waals surface area contributed by atoms with Crippen molar-refractivity contribution in [3.8, 4) is 0 Å². The van der Waals surface area contributed by atoms with Gasteiger partial charge in [0.1, 0.15) is 5.82 Å². The molecule has 1 aromatic carbocycles. The predicted molar refractivity (Wildman–Crippen MR) is 83.4 cm³/mol. The third-order valence-corrected chi connectivity index (χ3v) is 4.54. The van der Waals surface area contributed by atoms with Crippen molar-refractivity contribution < 1.29 is 9.31 Å². The van der Waals surface area contributed by atoms with Crippen LogP contribution in [-0.2, 0) is 6.54 Å². The van der Waals surface area contributed by atoms with Gasteiger partial charge in [0.2, 0.25) is 0 Å². The fourth-order valence-electron chi connectivity index (χ4n) is 3.21. The summed E-state index contributed by atoms with van der Waals surface area (Å²) in [6.45, 7) is 4.20. The van der Waals surface area contributed by atoms with Crippen molar-refractivity contribution in [2.45, 2.75) is 25.9 Å². The smallest absolute Gasteiger partial charge is 0.274 e. The Balaban J connectivity index is 1.78. The van der Waals surface area contributed by atoms with Crippen LogP contribution in [0.3, 0.4) is 0 Å². The maximum absolute atomic E-state index is 13.5. The van der Waals surface area contributed by atoms with Crippen LogP contribution in [0.5, 0.6) is 0 Å². The van der Waals surface area contributed by atoms with Crippen LogP contribution in [0.25, 0.3) is 0 Å². The molecule has 1 aromatic heterocycles. The lowest BCUT2D eigenvalue weighted by atomic mass is 9.93.